The van der Waals surface area contributed by atoms with Crippen LogP contribution in [0.4, 0.5) is 0 Å². The number of ketones is 1. The summed E-state index contributed by atoms with van der Waals surface area (Å²) in [6.07, 6.45) is 2.73. The van der Waals surface area contributed by atoms with Crippen molar-refractivity contribution in [3.8, 4) is 0 Å². The van der Waals surface area contributed by atoms with E-state index in [-0.39, 0.29) is 18.2 Å². The van der Waals surface area contributed by atoms with Gasteiger partial charge in [0, 0.05) is 12.0 Å². The Morgan fingerprint density at radius 3 is 2.31 bits per heavy atom. The molecular weight excluding hydrogens is 222 g/mol. The number of benzene rings is 1. The normalized spacial score (nSPS) is 9.94. The van der Waals surface area contributed by atoms with Crippen LogP contribution in [0.2, 0.25) is 0 Å². The Hall–Kier alpha value is -0.860. The molecule has 1 aromatic rings. The van der Waals surface area contributed by atoms with Gasteiger partial charge in [0.2, 0.25) is 0 Å². The molecule has 0 aliphatic rings. The van der Waals surface area contributed by atoms with E-state index in [0.29, 0.717) is 6.42 Å². The zero-order valence-electron chi connectivity index (χ0n) is 9.98. The van der Waals surface area contributed by atoms with E-state index in [9.17, 15) is 4.79 Å². The summed E-state index contributed by atoms with van der Waals surface area (Å²) < 4.78 is 0. The van der Waals surface area contributed by atoms with E-state index in [4.69, 9.17) is 0 Å². The smallest absolute Gasteiger partial charge is 0.162 e. The molecule has 0 radical (unpaired) electrons. The van der Waals surface area contributed by atoms with E-state index in [0.717, 1.165) is 24.9 Å². The number of hydrogen-bond donors (Lipinski definition) is 0. The number of carbonyl (C=O) groups excluding carboxylic acids is 1. The van der Waals surface area contributed by atoms with E-state index in [1.165, 1.54) is 0 Å². The van der Waals surface area contributed by atoms with Crippen LogP contribution in [0.25, 0.3) is 0 Å². The van der Waals surface area contributed by atoms with Gasteiger partial charge in [0.05, 0.1) is 0 Å². The van der Waals surface area contributed by atoms with Crippen LogP contribution < -0.4 is 0 Å². The lowest BCUT2D eigenvalue weighted by Gasteiger charge is -2.08. The fraction of sp³-hybridized carbons (Fsp3) is 0.462. The van der Waals surface area contributed by atoms with Gasteiger partial charge in [0.1, 0.15) is 0 Å². The molecule has 16 heavy (non-hydrogen) atoms. The molecule has 3 heteroatoms. The molecule has 0 N–H and O–H groups in total. The van der Waals surface area contributed by atoms with Crippen molar-refractivity contribution in [3.63, 3.8) is 0 Å². The Balaban J connectivity index is 0.00000225. The molecule has 0 aliphatic heterocycles. The summed E-state index contributed by atoms with van der Waals surface area (Å²) >= 11 is 0. The summed E-state index contributed by atoms with van der Waals surface area (Å²) in [5.74, 6) is 0.259. The summed E-state index contributed by atoms with van der Waals surface area (Å²) in [5.41, 5.74) is 0.836. The molecular formula is C13H20ClNO. The quantitative estimate of drug-likeness (QED) is 0.564. The van der Waals surface area contributed by atoms with Gasteiger partial charge in [0.25, 0.3) is 0 Å². The molecule has 0 unspecified atom stereocenters. The standard InChI is InChI=1S/C13H19NO.ClH/c1-14(2)11-7-6-10-13(15)12-8-4-3-5-9-12;/h3-5,8-9H,6-7,10-11H2,1-2H3;1H. The maximum absolute atomic E-state index is 11.7. The maximum Gasteiger partial charge on any atom is 0.162 e. The van der Waals surface area contributed by atoms with Gasteiger partial charge in [-0.2, -0.15) is 0 Å². The zero-order valence-corrected chi connectivity index (χ0v) is 10.8. The van der Waals surface area contributed by atoms with Crippen LogP contribution in [0.1, 0.15) is 29.6 Å². The van der Waals surface area contributed by atoms with Crippen molar-refractivity contribution in [2.75, 3.05) is 20.6 Å². The molecule has 2 nitrogen and oxygen atoms in total. The molecule has 0 saturated carbocycles. The molecule has 0 spiro atoms. The van der Waals surface area contributed by atoms with Crippen LogP contribution in [0.15, 0.2) is 30.3 Å². The van der Waals surface area contributed by atoms with Gasteiger partial charge in [0.15, 0.2) is 5.78 Å². The summed E-state index contributed by atoms with van der Waals surface area (Å²) in [6, 6.07) is 9.52. The average molecular weight is 242 g/mol. The number of unbranched alkanes of at least 4 members (excludes halogenated alkanes) is 1. The molecule has 0 saturated heterocycles. The van der Waals surface area contributed by atoms with Crippen molar-refractivity contribution >= 4 is 18.2 Å². The first-order chi connectivity index (χ1) is 7.20. The average Bonchev–Trinajstić information content (AvgIpc) is 2.25. The fourth-order valence-corrected chi connectivity index (χ4v) is 1.48. The highest BCUT2D eigenvalue weighted by Gasteiger charge is 2.03. The lowest BCUT2D eigenvalue weighted by Crippen LogP contribution is -2.13. The Kier molecular flexibility index (Phi) is 7.86. The fourth-order valence-electron chi connectivity index (χ4n) is 1.48. The predicted molar refractivity (Wildman–Crippen MR) is 70.4 cm³/mol. The third-order valence-electron chi connectivity index (χ3n) is 2.35. The Morgan fingerprint density at radius 1 is 1.12 bits per heavy atom. The van der Waals surface area contributed by atoms with Crippen LogP contribution in [0.5, 0.6) is 0 Å². The number of nitrogens with zero attached hydrogens (tertiary/aromatic N) is 1. The second kappa shape index (κ2) is 8.31. The number of rotatable bonds is 6. The van der Waals surface area contributed by atoms with Crippen LogP contribution in [0, 0.1) is 0 Å². The summed E-state index contributed by atoms with van der Waals surface area (Å²) in [7, 11) is 4.11. The van der Waals surface area contributed by atoms with Crippen molar-refractivity contribution in [2.24, 2.45) is 0 Å². The minimum absolute atomic E-state index is 0. The van der Waals surface area contributed by atoms with Gasteiger partial charge < -0.3 is 4.90 Å². The van der Waals surface area contributed by atoms with Crippen molar-refractivity contribution in [1.29, 1.82) is 0 Å². The van der Waals surface area contributed by atoms with Crippen molar-refractivity contribution in [1.82, 2.24) is 4.90 Å². The minimum Gasteiger partial charge on any atom is -0.309 e. The second-order valence-electron chi connectivity index (χ2n) is 4.05. The first kappa shape index (κ1) is 15.1. The van der Waals surface area contributed by atoms with Crippen LogP contribution in [0.3, 0.4) is 0 Å². The van der Waals surface area contributed by atoms with E-state index in [1.807, 2.05) is 30.3 Å². The number of carbonyl (C=O) groups is 1. The van der Waals surface area contributed by atoms with Gasteiger partial charge in [-0.3, -0.25) is 4.79 Å². The molecule has 0 atom stereocenters. The summed E-state index contributed by atoms with van der Waals surface area (Å²) in [4.78, 5) is 13.8. The van der Waals surface area contributed by atoms with E-state index < -0.39 is 0 Å². The predicted octanol–water partition coefficient (Wildman–Crippen LogP) is 3.02. The van der Waals surface area contributed by atoms with Crippen molar-refractivity contribution in [2.45, 2.75) is 19.3 Å². The molecule has 1 rings (SSSR count). The molecule has 90 valence electrons. The van der Waals surface area contributed by atoms with Gasteiger partial charge in [-0.05, 0) is 33.5 Å². The first-order valence-electron chi connectivity index (χ1n) is 5.43. The number of halogens is 1. The van der Waals surface area contributed by atoms with Crippen LogP contribution in [-0.2, 0) is 0 Å². The topological polar surface area (TPSA) is 20.3 Å². The second-order valence-corrected chi connectivity index (χ2v) is 4.05. The van der Waals surface area contributed by atoms with Crippen LogP contribution in [-0.4, -0.2) is 31.3 Å². The maximum atomic E-state index is 11.7. The highest BCUT2D eigenvalue weighted by atomic mass is 35.5. The summed E-state index contributed by atoms with van der Waals surface area (Å²) in [6.45, 7) is 1.06. The van der Waals surface area contributed by atoms with E-state index >= 15 is 0 Å². The van der Waals surface area contributed by atoms with E-state index in [1.54, 1.807) is 0 Å². The van der Waals surface area contributed by atoms with Crippen molar-refractivity contribution < 1.29 is 4.79 Å². The minimum atomic E-state index is 0. The van der Waals surface area contributed by atoms with E-state index in [2.05, 4.69) is 19.0 Å². The van der Waals surface area contributed by atoms with Crippen LogP contribution >= 0.6 is 12.4 Å². The van der Waals surface area contributed by atoms with Gasteiger partial charge in [-0.15, -0.1) is 12.4 Å². The Bertz CT molecular complexity index is 298. The molecule has 0 bridgehead atoms. The van der Waals surface area contributed by atoms with Gasteiger partial charge in [-0.1, -0.05) is 30.3 Å². The van der Waals surface area contributed by atoms with Crippen molar-refractivity contribution in [3.05, 3.63) is 35.9 Å². The highest BCUT2D eigenvalue weighted by Crippen LogP contribution is 2.06. The molecule has 0 fully saturated rings. The highest BCUT2D eigenvalue weighted by molar-refractivity contribution is 5.95. The third-order valence-corrected chi connectivity index (χ3v) is 2.35. The third kappa shape index (κ3) is 5.89. The number of hydrogen-bond acceptors (Lipinski definition) is 2. The molecule has 0 aliphatic carbocycles. The number of Topliss-reactive ketones (excluding diaryl/α,β-unsaturated/α-hetero) is 1. The lowest BCUT2D eigenvalue weighted by atomic mass is 10.1. The Labute approximate surface area is 104 Å². The molecule has 0 amide bonds. The molecule has 0 aromatic heterocycles. The lowest BCUT2D eigenvalue weighted by molar-refractivity contribution is 0.0978. The largest absolute Gasteiger partial charge is 0.309 e. The first-order valence-corrected chi connectivity index (χ1v) is 5.43. The SMILES string of the molecule is CN(C)CCCCC(=O)c1ccccc1.Cl. The summed E-state index contributed by atoms with van der Waals surface area (Å²) in [5, 5.41) is 0. The molecule has 0 heterocycles. The molecule has 1 aromatic carbocycles. The van der Waals surface area contributed by atoms with Gasteiger partial charge >= 0.3 is 0 Å². The monoisotopic (exact) mass is 241 g/mol. The zero-order chi connectivity index (χ0) is 11.1. The van der Waals surface area contributed by atoms with Gasteiger partial charge in [-0.25, -0.2) is 0 Å². The Morgan fingerprint density at radius 2 is 1.75 bits per heavy atom.